The van der Waals surface area contributed by atoms with E-state index in [1.54, 1.807) is 24.3 Å². The molecule has 0 saturated heterocycles. The largest absolute Gasteiger partial charge is 0.349 e. The monoisotopic (exact) mass is 308 g/mol. The molecule has 3 rings (SSSR count). The molecule has 0 unspecified atom stereocenters. The van der Waals surface area contributed by atoms with Crippen LogP contribution in [0.4, 0.5) is 5.69 Å². The molecular weight excluding hydrogens is 288 g/mol. The highest BCUT2D eigenvalue weighted by molar-refractivity contribution is 7.92. The molecule has 2 bridgehead atoms. The first-order valence-electron chi connectivity index (χ1n) is 7.29. The Hall–Kier alpha value is -1.56. The topological polar surface area (TPSA) is 75.3 Å². The van der Waals surface area contributed by atoms with Crippen molar-refractivity contribution in [3.63, 3.8) is 0 Å². The second kappa shape index (κ2) is 5.33. The molecule has 2 N–H and O–H groups in total. The van der Waals surface area contributed by atoms with Gasteiger partial charge in [-0.15, -0.1) is 0 Å². The number of carbonyl (C=O) groups is 1. The van der Waals surface area contributed by atoms with Gasteiger partial charge in [0.1, 0.15) is 0 Å². The summed E-state index contributed by atoms with van der Waals surface area (Å²) >= 11 is 0. The van der Waals surface area contributed by atoms with Gasteiger partial charge < -0.3 is 5.32 Å². The molecule has 21 heavy (non-hydrogen) atoms. The highest BCUT2D eigenvalue weighted by Crippen LogP contribution is 2.44. The van der Waals surface area contributed by atoms with E-state index in [2.05, 4.69) is 10.0 Å². The van der Waals surface area contributed by atoms with Crippen molar-refractivity contribution in [1.29, 1.82) is 0 Å². The Bertz CT molecular complexity index is 657. The molecule has 0 aliphatic heterocycles. The Labute approximate surface area is 125 Å². The van der Waals surface area contributed by atoms with Crippen LogP contribution in [0.5, 0.6) is 0 Å². The van der Waals surface area contributed by atoms with Gasteiger partial charge in [0.05, 0.1) is 6.26 Å². The van der Waals surface area contributed by atoms with Crippen LogP contribution in [-0.2, 0) is 10.0 Å². The quantitative estimate of drug-likeness (QED) is 0.893. The predicted molar refractivity (Wildman–Crippen MR) is 81.6 cm³/mol. The Morgan fingerprint density at radius 2 is 2.05 bits per heavy atom. The number of amides is 1. The number of fused-ring (bicyclic) bond motifs is 2. The number of anilines is 1. The van der Waals surface area contributed by atoms with Gasteiger partial charge in [0.25, 0.3) is 5.91 Å². The van der Waals surface area contributed by atoms with Crippen molar-refractivity contribution in [1.82, 2.24) is 5.32 Å². The summed E-state index contributed by atoms with van der Waals surface area (Å²) < 4.78 is 24.9. The van der Waals surface area contributed by atoms with Gasteiger partial charge in [-0.05, 0) is 49.3 Å². The molecule has 1 aromatic rings. The molecule has 2 aliphatic carbocycles. The highest BCUT2D eigenvalue weighted by Gasteiger charge is 2.40. The third kappa shape index (κ3) is 3.37. The zero-order valence-corrected chi connectivity index (χ0v) is 12.8. The van der Waals surface area contributed by atoms with Crippen LogP contribution in [0.15, 0.2) is 24.3 Å². The summed E-state index contributed by atoms with van der Waals surface area (Å²) in [5.74, 6) is 1.28. The van der Waals surface area contributed by atoms with Gasteiger partial charge in [0.15, 0.2) is 0 Å². The van der Waals surface area contributed by atoms with Crippen molar-refractivity contribution >= 4 is 21.6 Å². The standard InChI is InChI=1S/C15H20N2O3S/c1-21(19,20)17-13-4-2-3-12(9-13)15(18)16-14-8-10-5-6-11(14)7-10/h2-4,9-11,14,17H,5-8H2,1H3,(H,16,18)/t10-,11+,14+/m0/s1. The summed E-state index contributed by atoms with van der Waals surface area (Å²) in [4.78, 5) is 12.3. The smallest absolute Gasteiger partial charge is 0.251 e. The maximum absolute atomic E-state index is 12.3. The lowest BCUT2D eigenvalue weighted by Crippen LogP contribution is -2.38. The number of sulfonamides is 1. The lowest BCUT2D eigenvalue weighted by molar-refractivity contribution is 0.0923. The van der Waals surface area contributed by atoms with Crippen molar-refractivity contribution in [3.05, 3.63) is 29.8 Å². The fourth-order valence-corrected chi connectivity index (χ4v) is 4.17. The summed E-state index contributed by atoms with van der Waals surface area (Å²) in [6.07, 6.45) is 5.92. The number of carbonyl (C=O) groups excluding carboxylic acids is 1. The van der Waals surface area contributed by atoms with E-state index in [4.69, 9.17) is 0 Å². The van der Waals surface area contributed by atoms with E-state index in [0.717, 1.165) is 18.6 Å². The molecule has 5 nitrogen and oxygen atoms in total. The summed E-state index contributed by atoms with van der Waals surface area (Å²) in [6.45, 7) is 0. The number of rotatable bonds is 4. The molecule has 1 amide bonds. The van der Waals surface area contributed by atoms with Gasteiger partial charge in [0, 0.05) is 17.3 Å². The number of hydrogen-bond acceptors (Lipinski definition) is 3. The van der Waals surface area contributed by atoms with Crippen LogP contribution in [0.2, 0.25) is 0 Å². The lowest BCUT2D eigenvalue weighted by atomic mass is 9.95. The van der Waals surface area contributed by atoms with Crippen molar-refractivity contribution in [3.8, 4) is 0 Å². The van der Waals surface area contributed by atoms with Crippen LogP contribution in [0.25, 0.3) is 0 Å². The molecule has 114 valence electrons. The van der Waals surface area contributed by atoms with Gasteiger partial charge in [-0.1, -0.05) is 12.5 Å². The molecule has 1 aromatic carbocycles. The van der Waals surface area contributed by atoms with Crippen molar-refractivity contribution in [2.45, 2.75) is 31.7 Å². The molecule has 0 radical (unpaired) electrons. The second-order valence-electron chi connectivity index (χ2n) is 6.21. The first kappa shape index (κ1) is 14.4. The summed E-state index contributed by atoms with van der Waals surface area (Å²) in [7, 11) is -3.33. The van der Waals surface area contributed by atoms with Crippen LogP contribution in [0.1, 0.15) is 36.0 Å². The number of nitrogens with one attached hydrogen (secondary N) is 2. The molecule has 0 heterocycles. The summed E-state index contributed by atoms with van der Waals surface area (Å²) in [5.41, 5.74) is 0.907. The van der Waals surface area contributed by atoms with Crippen molar-refractivity contribution in [2.75, 3.05) is 11.0 Å². The predicted octanol–water partition coefficient (Wildman–Crippen LogP) is 1.98. The van der Waals surface area contributed by atoms with E-state index in [1.807, 2.05) is 0 Å². The molecule has 2 saturated carbocycles. The van der Waals surface area contributed by atoms with Gasteiger partial charge in [0.2, 0.25) is 10.0 Å². The van der Waals surface area contributed by atoms with Crippen molar-refractivity contribution < 1.29 is 13.2 Å². The van der Waals surface area contributed by atoms with E-state index in [-0.39, 0.29) is 11.9 Å². The molecule has 0 spiro atoms. The van der Waals surface area contributed by atoms with E-state index >= 15 is 0 Å². The maximum atomic E-state index is 12.3. The Morgan fingerprint density at radius 3 is 2.67 bits per heavy atom. The van der Waals surface area contributed by atoms with E-state index < -0.39 is 10.0 Å². The van der Waals surface area contributed by atoms with Crippen LogP contribution in [-0.4, -0.2) is 26.6 Å². The SMILES string of the molecule is CS(=O)(=O)Nc1cccc(C(=O)N[C@@H]2C[C@H]3CC[C@@H]2C3)c1. The lowest BCUT2D eigenvalue weighted by Gasteiger charge is -2.23. The summed E-state index contributed by atoms with van der Waals surface area (Å²) in [6, 6.07) is 6.88. The molecule has 2 aliphatic rings. The van der Waals surface area contributed by atoms with Gasteiger partial charge in [-0.25, -0.2) is 8.42 Å². The second-order valence-corrected chi connectivity index (χ2v) is 7.96. The Balaban J connectivity index is 1.68. The average molecular weight is 308 g/mol. The maximum Gasteiger partial charge on any atom is 0.251 e. The molecular formula is C15H20N2O3S. The van der Waals surface area contributed by atoms with E-state index in [9.17, 15) is 13.2 Å². The van der Waals surface area contributed by atoms with Crippen LogP contribution < -0.4 is 10.0 Å². The minimum atomic E-state index is -3.33. The van der Waals surface area contributed by atoms with E-state index in [0.29, 0.717) is 17.2 Å². The summed E-state index contributed by atoms with van der Waals surface area (Å²) in [5, 5.41) is 3.10. The van der Waals surface area contributed by atoms with Gasteiger partial charge >= 0.3 is 0 Å². The normalized spacial score (nSPS) is 27.6. The Kier molecular flexibility index (Phi) is 3.65. The molecule has 2 fully saturated rings. The first-order chi connectivity index (χ1) is 9.90. The van der Waals surface area contributed by atoms with Gasteiger partial charge in [-0.3, -0.25) is 9.52 Å². The van der Waals surface area contributed by atoms with Crippen LogP contribution >= 0.6 is 0 Å². The molecule has 3 atom stereocenters. The first-order valence-corrected chi connectivity index (χ1v) is 9.18. The fourth-order valence-electron chi connectivity index (χ4n) is 3.61. The minimum Gasteiger partial charge on any atom is -0.349 e. The third-order valence-electron chi connectivity index (χ3n) is 4.48. The average Bonchev–Trinajstić information content (AvgIpc) is 2.99. The molecule has 0 aromatic heterocycles. The number of hydrogen-bond donors (Lipinski definition) is 2. The highest BCUT2D eigenvalue weighted by atomic mass is 32.2. The van der Waals surface area contributed by atoms with E-state index in [1.165, 1.54) is 19.3 Å². The van der Waals surface area contributed by atoms with Crippen LogP contribution in [0.3, 0.4) is 0 Å². The zero-order valence-electron chi connectivity index (χ0n) is 12.0. The fraction of sp³-hybridized carbons (Fsp3) is 0.533. The molecule has 6 heteroatoms. The Morgan fingerprint density at radius 1 is 1.24 bits per heavy atom. The van der Waals surface area contributed by atoms with Crippen molar-refractivity contribution in [2.24, 2.45) is 11.8 Å². The number of benzene rings is 1. The zero-order chi connectivity index (χ0) is 15.0. The third-order valence-corrected chi connectivity index (χ3v) is 5.09. The minimum absolute atomic E-state index is 0.121. The van der Waals surface area contributed by atoms with Gasteiger partial charge in [-0.2, -0.15) is 0 Å². The van der Waals surface area contributed by atoms with Crippen LogP contribution in [0, 0.1) is 11.8 Å².